The molecule has 0 bridgehead atoms. The molecule has 1 N–H and O–H groups in total. The summed E-state index contributed by atoms with van der Waals surface area (Å²) in [7, 11) is 0. The zero-order valence-corrected chi connectivity index (χ0v) is 12.0. The van der Waals surface area contributed by atoms with Crippen LogP contribution < -0.4 is 5.32 Å². The van der Waals surface area contributed by atoms with Crippen LogP contribution in [0, 0.1) is 5.92 Å². The average Bonchev–Trinajstić information content (AvgIpc) is 2.15. The first kappa shape index (κ1) is 15.9. The minimum Gasteiger partial charge on any atom is -0.348 e. The number of nitrogens with zero attached hydrogens (tertiary/aromatic N) is 1. The lowest BCUT2D eigenvalue weighted by atomic mass is 10.1. The minimum atomic E-state index is -0.498. The summed E-state index contributed by atoms with van der Waals surface area (Å²) in [6.45, 7) is 12.9. The van der Waals surface area contributed by atoms with Gasteiger partial charge < -0.3 is 10.2 Å². The molecule has 4 nitrogen and oxygen atoms in total. The first-order valence-electron chi connectivity index (χ1n) is 6.30. The van der Waals surface area contributed by atoms with Crippen LogP contribution in [-0.2, 0) is 9.59 Å². The summed E-state index contributed by atoms with van der Waals surface area (Å²) >= 11 is 0. The lowest BCUT2D eigenvalue weighted by Gasteiger charge is -2.34. The summed E-state index contributed by atoms with van der Waals surface area (Å²) in [6, 6.07) is 0. The number of carbonyl (C=O) groups excluding carboxylic acids is 2. The Labute approximate surface area is 105 Å². The fraction of sp³-hybridized carbons (Fsp3) is 0.846. The first-order chi connectivity index (χ1) is 7.70. The smallest absolute Gasteiger partial charge is 0.312 e. The van der Waals surface area contributed by atoms with Gasteiger partial charge in [-0.25, -0.2) is 0 Å². The quantitative estimate of drug-likeness (QED) is 0.764. The molecule has 17 heavy (non-hydrogen) atoms. The standard InChI is InChI=1S/C13H26N2O2/c1-7-15(13(4,5)6)12(17)11(16)14-9-8-10(2)3/h10H,7-9H2,1-6H3,(H,14,16). The molecule has 0 spiro atoms. The SMILES string of the molecule is CCN(C(=O)C(=O)NCCC(C)C)C(C)(C)C. The van der Waals surface area contributed by atoms with Crippen LogP contribution in [0.3, 0.4) is 0 Å². The molecule has 0 aromatic heterocycles. The molecule has 0 aromatic rings. The fourth-order valence-corrected chi connectivity index (χ4v) is 1.60. The van der Waals surface area contributed by atoms with E-state index < -0.39 is 11.8 Å². The van der Waals surface area contributed by atoms with Gasteiger partial charge in [-0.1, -0.05) is 13.8 Å². The largest absolute Gasteiger partial charge is 0.348 e. The molecule has 0 unspecified atom stereocenters. The van der Waals surface area contributed by atoms with Crippen molar-refractivity contribution in [2.45, 2.75) is 53.5 Å². The van der Waals surface area contributed by atoms with Gasteiger partial charge in [-0.05, 0) is 40.0 Å². The number of hydrogen-bond acceptors (Lipinski definition) is 2. The lowest BCUT2D eigenvalue weighted by molar-refractivity contribution is -0.148. The summed E-state index contributed by atoms with van der Waals surface area (Å²) in [4.78, 5) is 25.2. The zero-order chi connectivity index (χ0) is 13.6. The molecule has 0 fully saturated rings. The highest BCUT2D eigenvalue weighted by Gasteiger charge is 2.29. The summed E-state index contributed by atoms with van der Waals surface area (Å²) in [5, 5.41) is 2.67. The van der Waals surface area contributed by atoms with Crippen molar-refractivity contribution in [2.24, 2.45) is 5.92 Å². The van der Waals surface area contributed by atoms with Crippen molar-refractivity contribution in [3.05, 3.63) is 0 Å². The van der Waals surface area contributed by atoms with Crippen molar-refractivity contribution in [3.63, 3.8) is 0 Å². The highest BCUT2D eigenvalue weighted by molar-refractivity contribution is 6.35. The summed E-state index contributed by atoms with van der Waals surface area (Å²) in [6.07, 6.45) is 0.890. The van der Waals surface area contributed by atoms with E-state index in [1.807, 2.05) is 27.7 Å². The van der Waals surface area contributed by atoms with Gasteiger partial charge in [0.25, 0.3) is 0 Å². The number of carbonyl (C=O) groups is 2. The van der Waals surface area contributed by atoms with Gasteiger partial charge in [0, 0.05) is 18.6 Å². The van der Waals surface area contributed by atoms with Crippen LogP contribution in [0.1, 0.15) is 48.0 Å². The van der Waals surface area contributed by atoms with Crippen LogP contribution in [0.25, 0.3) is 0 Å². The van der Waals surface area contributed by atoms with E-state index in [0.29, 0.717) is 19.0 Å². The Morgan fingerprint density at radius 3 is 2.12 bits per heavy atom. The van der Waals surface area contributed by atoms with Crippen LogP contribution in [0.4, 0.5) is 0 Å². The average molecular weight is 242 g/mol. The Morgan fingerprint density at radius 1 is 1.24 bits per heavy atom. The number of nitrogens with one attached hydrogen (secondary N) is 1. The molecule has 0 rings (SSSR count). The predicted octanol–water partition coefficient (Wildman–Crippen LogP) is 1.80. The minimum absolute atomic E-state index is 0.318. The van der Waals surface area contributed by atoms with E-state index in [4.69, 9.17) is 0 Å². The number of rotatable bonds is 4. The second-order valence-corrected chi connectivity index (χ2v) is 5.66. The normalized spacial score (nSPS) is 11.5. The van der Waals surface area contributed by atoms with Gasteiger partial charge in [0.15, 0.2) is 0 Å². The van der Waals surface area contributed by atoms with Crippen LogP contribution in [0.5, 0.6) is 0 Å². The van der Waals surface area contributed by atoms with Crippen molar-refractivity contribution in [3.8, 4) is 0 Å². The Bertz CT molecular complexity index is 267. The van der Waals surface area contributed by atoms with Crippen molar-refractivity contribution in [2.75, 3.05) is 13.1 Å². The summed E-state index contributed by atoms with van der Waals surface area (Å²) in [5.74, 6) is -0.415. The number of amides is 2. The topological polar surface area (TPSA) is 49.4 Å². The highest BCUT2D eigenvalue weighted by atomic mass is 16.2. The Morgan fingerprint density at radius 2 is 1.76 bits per heavy atom. The number of hydrogen-bond donors (Lipinski definition) is 1. The maximum absolute atomic E-state index is 11.9. The monoisotopic (exact) mass is 242 g/mol. The van der Waals surface area contributed by atoms with Crippen LogP contribution in [-0.4, -0.2) is 35.3 Å². The molecule has 0 heterocycles. The maximum atomic E-state index is 11.9. The predicted molar refractivity (Wildman–Crippen MR) is 69.6 cm³/mol. The van der Waals surface area contributed by atoms with Gasteiger partial charge >= 0.3 is 11.8 Å². The summed E-state index contributed by atoms with van der Waals surface area (Å²) in [5.41, 5.74) is -0.318. The molecule has 0 atom stereocenters. The lowest BCUT2D eigenvalue weighted by Crippen LogP contribution is -2.51. The van der Waals surface area contributed by atoms with E-state index in [1.165, 1.54) is 0 Å². The van der Waals surface area contributed by atoms with Crippen molar-refractivity contribution >= 4 is 11.8 Å². The van der Waals surface area contributed by atoms with Gasteiger partial charge in [-0.3, -0.25) is 9.59 Å². The van der Waals surface area contributed by atoms with E-state index in [-0.39, 0.29) is 5.54 Å². The van der Waals surface area contributed by atoms with E-state index in [2.05, 4.69) is 19.2 Å². The molecule has 0 radical (unpaired) electrons. The third-order valence-corrected chi connectivity index (χ3v) is 2.57. The van der Waals surface area contributed by atoms with Gasteiger partial charge in [-0.15, -0.1) is 0 Å². The van der Waals surface area contributed by atoms with Crippen LogP contribution >= 0.6 is 0 Å². The Kier molecular flexibility index (Phi) is 6.21. The fourth-order valence-electron chi connectivity index (χ4n) is 1.60. The zero-order valence-electron chi connectivity index (χ0n) is 12.0. The number of likely N-dealkylation sites (N-methyl/N-ethyl adjacent to an activating group) is 1. The molecule has 0 saturated carbocycles. The molecule has 2 amide bonds. The first-order valence-corrected chi connectivity index (χ1v) is 6.30. The molecule has 0 aliphatic carbocycles. The summed E-state index contributed by atoms with van der Waals surface area (Å²) < 4.78 is 0. The third kappa shape index (κ3) is 5.71. The van der Waals surface area contributed by atoms with Gasteiger partial charge in [0.1, 0.15) is 0 Å². The highest BCUT2D eigenvalue weighted by Crippen LogP contribution is 2.12. The van der Waals surface area contributed by atoms with E-state index >= 15 is 0 Å². The van der Waals surface area contributed by atoms with Gasteiger partial charge in [0.2, 0.25) is 0 Å². The second-order valence-electron chi connectivity index (χ2n) is 5.66. The second kappa shape index (κ2) is 6.62. The Hall–Kier alpha value is -1.06. The van der Waals surface area contributed by atoms with E-state index in [1.54, 1.807) is 4.90 Å². The molecule has 0 aliphatic rings. The maximum Gasteiger partial charge on any atom is 0.312 e. The van der Waals surface area contributed by atoms with Crippen molar-refractivity contribution < 1.29 is 9.59 Å². The third-order valence-electron chi connectivity index (χ3n) is 2.57. The molecule has 0 aromatic carbocycles. The van der Waals surface area contributed by atoms with Crippen molar-refractivity contribution in [1.82, 2.24) is 10.2 Å². The molecule has 0 aliphatic heterocycles. The Balaban J connectivity index is 4.33. The van der Waals surface area contributed by atoms with E-state index in [0.717, 1.165) is 6.42 Å². The van der Waals surface area contributed by atoms with Gasteiger partial charge in [0.05, 0.1) is 0 Å². The molecular formula is C13H26N2O2. The van der Waals surface area contributed by atoms with Crippen molar-refractivity contribution in [1.29, 1.82) is 0 Å². The van der Waals surface area contributed by atoms with Crippen LogP contribution in [0.15, 0.2) is 0 Å². The van der Waals surface area contributed by atoms with E-state index in [9.17, 15) is 9.59 Å². The molecule has 100 valence electrons. The molecule has 4 heteroatoms. The molecular weight excluding hydrogens is 216 g/mol. The van der Waals surface area contributed by atoms with Crippen LogP contribution in [0.2, 0.25) is 0 Å². The van der Waals surface area contributed by atoms with Gasteiger partial charge in [-0.2, -0.15) is 0 Å². The molecule has 0 saturated heterocycles.